The summed E-state index contributed by atoms with van der Waals surface area (Å²) in [5.41, 5.74) is 0.945. The molecule has 1 N–H and O–H groups in total. The molecule has 7 heteroatoms. The number of fused-ring (bicyclic) bond motifs is 1. The molecule has 0 saturated heterocycles. The number of hydrogen-bond donors (Lipinski definition) is 1. The highest BCUT2D eigenvalue weighted by Gasteiger charge is 2.38. The summed E-state index contributed by atoms with van der Waals surface area (Å²) in [6.07, 6.45) is -5.08. The third-order valence-electron chi connectivity index (χ3n) is 2.78. The number of halogens is 3. The number of pyridine rings is 1. The molecule has 124 valence electrons. The quantitative estimate of drug-likeness (QED) is 0.740. The average Bonchev–Trinajstić information content (AvgIpc) is 2.55. The fourth-order valence-electron chi connectivity index (χ4n) is 1.71. The molecule has 4 nitrogen and oxygen atoms in total. The number of aromatic nitrogens is 1. The van der Waals surface area contributed by atoms with Crippen molar-refractivity contribution < 1.29 is 27.8 Å². The molecule has 3 aromatic rings. The maximum absolute atomic E-state index is 10.6. The molecule has 0 spiro atoms. The fourth-order valence-corrected chi connectivity index (χ4v) is 1.71. The molecule has 0 bridgehead atoms. The Hall–Kier alpha value is -3.09. The summed E-state index contributed by atoms with van der Waals surface area (Å²) in [4.78, 5) is 13.3. The van der Waals surface area contributed by atoms with Crippen LogP contribution in [-0.4, -0.2) is 22.2 Å². The van der Waals surface area contributed by atoms with Crippen molar-refractivity contribution in [1.29, 1.82) is 0 Å². The Morgan fingerprint density at radius 3 is 2.12 bits per heavy atom. The third kappa shape index (κ3) is 4.98. The predicted molar refractivity (Wildman–Crippen MR) is 81.9 cm³/mol. The highest BCUT2D eigenvalue weighted by Crippen LogP contribution is 2.21. The Bertz CT molecular complexity index is 820. The molecular formula is C17H12F3NO3. The van der Waals surface area contributed by atoms with E-state index < -0.39 is 12.1 Å². The van der Waals surface area contributed by atoms with Gasteiger partial charge in [-0.25, -0.2) is 9.78 Å². The van der Waals surface area contributed by atoms with Crippen LogP contribution in [0.2, 0.25) is 0 Å². The lowest BCUT2D eigenvalue weighted by molar-refractivity contribution is -0.192. The summed E-state index contributed by atoms with van der Waals surface area (Å²) in [7, 11) is 0. The van der Waals surface area contributed by atoms with Crippen LogP contribution < -0.4 is 4.74 Å². The first-order valence-electron chi connectivity index (χ1n) is 6.75. The van der Waals surface area contributed by atoms with Gasteiger partial charge in [0.2, 0.25) is 5.88 Å². The van der Waals surface area contributed by atoms with Crippen LogP contribution in [0.15, 0.2) is 66.7 Å². The van der Waals surface area contributed by atoms with Crippen molar-refractivity contribution in [3.05, 3.63) is 66.7 Å². The van der Waals surface area contributed by atoms with Gasteiger partial charge < -0.3 is 9.84 Å². The van der Waals surface area contributed by atoms with Crippen molar-refractivity contribution in [2.45, 2.75) is 6.18 Å². The molecule has 0 radical (unpaired) electrons. The number of rotatable bonds is 2. The van der Waals surface area contributed by atoms with E-state index in [1.54, 1.807) is 0 Å². The van der Waals surface area contributed by atoms with Crippen LogP contribution in [0.3, 0.4) is 0 Å². The summed E-state index contributed by atoms with van der Waals surface area (Å²) in [5.74, 6) is -1.34. The van der Waals surface area contributed by atoms with Gasteiger partial charge in [0.25, 0.3) is 0 Å². The number of carboxylic acid groups (broad SMARTS) is 1. The monoisotopic (exact) mass is 335 g/mol. The zero-order valence-corrected chi connectivity index (χ0v) is 12.2. The van der Waals surface area contributed by atoms with Gasteiger partial charge in [-0.05, 0) is 24.3 Å². The molecule has 0 saturated carbocycles. The van der Waals surface area contributed by atoms with Gasteiger partial charge in [0.05, 0.1) is 5.52 Å². The van der Waals surface area contributed by atoms with Gasteiger partial charge in [0.1, 0.15) is 5.75 Å². The lowest BCUT2D eigenvalue weighted by Crippen LogP contribution is -2.21. The van der Waals surface area contributed by atoms with E-state index in [0.717, 1.165) is 16.7 Å². The molecule has 0 fully saturated rings. The van der Waals surface area contributed by atoms with E-state index in [9.17, 15) is 13.2 Å². The van der Waals surface area contributed by atoms with Gasteiger partial charge in [-0.3, -0.25) is 0 Å². The standard InChI is InChI=1S/C15H11NO.C2HF3O2/c1-2-7-13(8-3-1)17-15-11-10-12-6-4-5-9-14(12)16-15;3-2(4,5)1(6)7/h1-11H;(H,6,7). The second-order valence-corrected chi connectivity index (χ2v) is 4.56. The minimum Gasteiger partial charge on any atom is -0.475 e. The van der Waals surface area contributed by atoms with Crippen molar-refractivity contribution >= 4 is 16.9 Å². The van der Waals surface area contributed by atoms with Crippen molar-refractivity contribution in [1.82, 2.24) is 4.98 Å². The molecule has 2 aromatic carbocycles. The largest absolute Gasteiger partial charge is 0.490 e. The number of ether oxygens (including phenoxy) is 1. The van der Waals surface area contributed by atoms with E-state index in [2.05, 4.69) is 4.98 Å². The van der Waals surface area contributed by atoms with Gasteiger partial charge >= 0.3 is 12.1 Å². The maximum Gasteiger partial charge on any atom is 0.490 e. The predicted octanol–water partition coefficient (Wildman–Crippen LogP) is 4.66. The number of hydrogen-bond acceptors (Lipinski definition) is 3. The van der Waals surface area contributed by atoms with Crippen LogP contribution in [0, 0.1) is 0 Å². The Kier molecular flexibility index (Phi) is 5.36. The highest BCUT2D eigenvalue weighted by molar-refractivity contribution is 5.78. The lowest BCUT2D eigenvalue weighted by atomic mass is 10.2. The number of alkyl halides is 3. The zero-order valence-electron chi connectivity index (χ0n) is 12.2. The number of carbonyl (C=O) groups is 1. The van der Waals surface area contributed by atoms with E-state index in [-0.39, 0.29) is 0 Å². The number of aliphatic carboxylic acids is 1. The van der Waals surface area contributed by atoms with Crippen molar-refractivity contribution in [3.63, 3.8) is 0 Å². The number of para-hydroxylation sites is 2. The lowest BCUT2D eigenvalue weighted by Gasteiger charge is -2.05. The molecule has 0 unspecified atom stereocenters. The van der Waals surface area contributed by atoms with Gasteiger partial charge in [-0.15, -0.1) is 0 Å². The normalized spacial score (nSPS) is 10.6. The molecule has 0 aliphatic heterocycles. The van der Waals surface area contributed by atoms with E-state index in [0.29, 0.717) is 5.88 Å². The van der Waals surface area contributed by atoms with Crippen molar-refractivity contribution in [2.24, 2.45) is 0 Å². The van der Waals surface area contributed by atoms with Crippen LogP contribution in [0.1, 0.15) is 0 Å². The molecule has 0 amide bonds. The number of carboxylic acids is 1. The molecule has 1 aromatic heterocycles. The van der Waals surface area contributed by atoms with E-state index in [1.165, 1.54) is 0 Å². The number of benzene rings is 2. The first kappa shape index (κ1) is 17.3. The number of nitrogens with zero attached hydrogens (tertiary/aromatic N) is 1. The second-order valence-electron chi connectivity index (χ2n) is 4.56. The fraction of sp³-hybridized carbons (Fsp3) is 0.0588. The minimum atomic E-state index is -5.08. The molecule has 0 atom stereocenters. The minimum absolute atomic E-state index is 0.620. The summed E-state index contributed by atoms with van der Waals surface area (Å²) in [5, 5.41) is 8.24. The third-order valence-corrected chi connectivity index (χ3v) is 2.78. The smallest absolute Gasteiger partial charge is 0.475 e. The van der Waals surface area contributed by atoms with E-state index >= 15 is 0 Å². The van der Waals surface area contributed by atoms with Crippen molar-refractivity contribution in [2.75, 3.05) is 0 Å². The Labute approximate surface area is 135 Å². The second kappa shape index (κ2) is 7.45. The van der Waals surface area contributed by atoms with E-state index in [4.69, 9.17) is 14.6 Å². The summed E-state index contributed by atoms with van der Waals surface area (Å²) in [6, 6.07) is 21.6. The summed E-state index contributed by atoms with van der Waals surface area (Å²) >= 11 is 0. The Morgan fingerprint density at radius 2 is 1.50 bits per heavy atom. The summed E-state index contributed by atoms with van der Waals surface area (Å²) < 4.78 is 37.4. The molecule has 1 heterocycles. The maximum atomic E-state index is 10.6. The van der Waals surface area contributed by atoms with Crippen LogP contribution >= 0.6 is 0 Å². The van der Waals surface area contributed by atoms with Crippen molar-refractivity contribution in [3.8, 4) is 11.6 Å². The van der Waals surface area contributed by atoms with Crippen LogP contribution in [0.4, 0.5) is 13.2 Å². The Morgan fingerprint density at radius 1 is 0.917 bits per heavy atom. The molecule has 24 heavy (non-hydrogen) atoms. The summed E-state index contributed by atoms with van der Waals surface area (Å²) in [6.45, 7) is 0. The SMILES string of the molecule is O=C(O)C(F)(F)F.c1ccc(Oc2ccc3ccccc3n2)cc1. The first-order chi connectivity index (χ1) is 11.4. The Balaban J connectivity index is 0.000000256. The van der Waals surface area contributed by atoms with Crippen LogP contribution in [-0.2, 0) is 4.79 Å². The van der Waals surface area contributed by atoms with Gasteiger partial charge in [-0.2, -0.15) is 13.2 Å². The first-order valence-corrected chi connectivity index (χ1v) is 6.75. The zero-order chi connectivity index (χ0) is 17.6. The average molecular weight is 335 g/mol. The highest BCUT2D eigenvalue weighted by atomic mass is 19.4. The topological polar surface area (TPSA) is 59.4 Å². The molecular weight excluding hydrogens is 323 g/mol. The van der Waals surface area contributed by atoms with Gasteiger partial charge in [0, 0.05) is 11.5 Å². The molecule has 0 aliphatic carbocycles. The van der Waals surface area contributed by atoms with Crippen LogP contribution in [0.5, 0.6) is 11.6 Å². The molecule has 0 aliphatic rings. The van der Waals surface area contributed by atoms with Crippen LogP contribution in [0.25, 0.3) is 10.9 Å². The van der Waals surface area contributed by atoms with E-state index in [1.807, 2.05) is 66.7 Å². The van der Waals surface area contributed by atoms with Gasteiger partial charge in [-0.1, -0.05) is 36.4 Å². The van der Waals surface area contributed by atoms with Gasteiger partial charge in [0.15, 0.2) is 0 Å². The molecule has 3 rings (SSSR count).